The molecule has 20 heavy (non-hydrogen) atoms. The molecule has 0 amide bonds. The van der Waals surface area contributed by atoms with Crippen molar-refractivity contribution in [2.24, 2.45) is 5.92 Å². The van der Waals surface area contributed by atoms with Crippen LogP contribution in [0.3, 0.4) is 0 Å². The third kappa shape index (κ3) is 2.24. The first-order valence-corrected chi connectivity index (χ1v) is 7.11. The third-order valence-corrected chi connectivity index (χ3v) is 4.52. The van der Waals surface area contributed by atoms with Gasteiger partial charge >= 0.3 is 5.97 Å². The van der Waals surface area contributed by atoms with Crippen molar-refractivity contribution in [1.29, 1.82) is 0 Å². The molecule has 2 saturated heterocycles. The van der Waals surface area contributed by atoms with Crippen molar-refractivity contribution in [3.8, 4) is 0 Å². The van der Waals surface area contributed by atoms with Gasteiger partial charge in [0.05, 0.1) is 7.11 Å². The molecule has 0 unspecified atom stereocenters. The van der Waals surface area contributed by atoms with Crippen LogP contribution >= 0.6 is 0 Å². The Kier molecular flexibility index (Phi) is 3.57. The van der Waals surface area contributed by atoms with E-state index in [1.807, 2.05) is 18.2 Å². The van der Waals surface area contributed by atoms with E-state index >= 15 is 0 Å². The largest absolute Gasteiger partial charge is 0.468 e. The Labute approximate surface area is 118 Å². The number of ether oxygens (including phenoxy) is 1. The van der Waals surface area contributed by atoms with E-state index in [4.69, 9.17) is 4.74 Å². The summed E-state index contributed by atoms with van der Waals surface area (Å²) in [6.07, 6.45) is 2.38. The average Bonchev–Trinajstić information content (AvgIpc) is 2.74. The minimum atomic E-state index is -0.595. The number of rotatable bonds is 3. The maximum absolute atomic E-state index is 12.1. The molecule has 0 radical (unpaired) electrons. The fourth-order valence-electron chi connectivity index (χ4n) is 3.57. The van der Waals surface area contributed by atoms with Gasteiger partial charge in [0.2, 0.25) is 0 Å². The number of ketones is 1. The van der Waals surface area contributed by atoms with Crippen molar-refractivity contribution in [1.82, 2.24) is 4.90 Å². The number of methoxy groups -OCH3 is 1. The summed E-state index contributed by atoms with van der Waals surface area (Å²) in [5.74, 6) is -0.922. The average molecular weight is 273 g/mol. The van der Waals surface area contributed by atoms with Crippen molar-refractivity contribution >= 4 is 11.8 Å². The molecule has 106 valence electrons. The highest BCUT2D eigenvalue weighted by Crippen LogP contribution is 2.38. The predicted octanol–water partition coefficient (Wildman–Crippen LogP) is 1.78. The number of hydrogen-bond donors (Lipinski definition) is 0. The molecule has 3 atom stereocenters. The molecule has 4 nitrogen and oxygen atoms in total. The van der Waals surface area contributed by atoms with Crippen LogP contribution in [-0.4, -0.2) is 35.8 Å². The molecule has 0 N–H and O–H groups in total. The molecule has 2 fully saturated rings. The SMILES string of the molecule is COC(=O)[C@@H]1C(=O)C[C@H]2CC[C@H]1N2Cc1ccccc1. The number of nitrogens with zero attached hydrogens (tertiary/aromatic N) is 1. The van der Waals surface area contributed by atoms with Crippen LogP contribution in [-0.2, 0) is 20.9 Å². The number of Topliss-reactive ketones (excluding diaryl/α,β-unsaturated/α-hetero) is 1. The molecule has 0 aliphatic carbocycles. The van der Waals surface area contributed by atoms with Crippen LogP contribution in [0.1, 0.15) is 24.8 Å². The fraction of sp³-hybridized carbons (Fsp3) is 0.500. The first kappa shape index (κ1) is 13.3. The van der Waals surface area contributed by atoms with Crippen LogP contribution < -0.4 is 0 Å². The quantitative estimate of drug-likeness (QED) is 0.622. The summed E-state index contributed by atoms with van der Waals surface area (Å²) in [7, 11) is 1.36. The summed E-state index contributed by atoms with van der Waals surface area (Å²) in [6.45, 7) is 0.803. The molecule has 1 aromatic carbocycles. The maximum atomic E-state index is 12.1. The molecule has 2 bridgehead atoms. The lowest BCUT2D eigenvalue weighted by atomic mass is 9.88. The zero-order chi connectivity index (χ0) is 14.1. The molecule has 2 heterocycles. The molecule has 4 heteroatoms. The van der Waals surface area contributed by atoms with Crippen LogP contribution in [0.4, 0.5) is 0 Å². The second kappa shape index (κ2) is 5.37. The lowest BCUT2D eigenvalue weighted by Crippen LogP contribution is -2.51. The Hall–Kier alpha value is -1.68. The molecule has 0 spiro atoms. The Morgan fingerprint density at radius 1 is 1.30 bits per heavy atom. The van der Waals surface area contributed by atoms with Gasteiger partial charge in [-0.05, 0) is 18.4 Å². The number of esters is 1. The van der Waals surface area contributed by atoms with Crippen LogP contribution in [0.2, 0.25) is 0 Å². The molecular weight excluding hydrogens is 254 g/mol. The third-order valence-electron chi connectivity index (χ3n) is 4.52. The van der Waals surface area contributed by atoms with Gasteiger partial charge in [0.15, 0.2) is 0 Å². The van der Waals surface area contributed by atoms with E-state index in [0.29, 0.717) is 6.42 Å². The molecule has 2 aliphatic rings. The van der Waals surface area contributed by atoms with E-state index in [1.54, 1.807) is 0 Å². The Bertz CT molecular complexity index is 514. The lowest BCUT2D eigenvalue weighted by molar-refractivity contribution is -0.154. The summed E-state index contributed by atoms with van der Waals surface area (Å²) in [5, 5.41) is 0. The number of hydrogen-bond acceptors (Lipinski definition) is 4. The summed E-state index contributed by atoms with van der Waals surface area (Å²) in [4.78, 5) is 26.3. The number of carbonyl (C=O) groups excluding carboxylic acids is 2. The van der Waals surface area contributed by atoms with E-state index in [2.05, 4.69) is 17.0 Å². The van der Waals surface area contributed by atoms with Crippen LogP contribution in [0, 0.1) is 5.92 Å². The highest BCUT2D eigenvalue weighted by molar-refractivity contribution is 6.00. The minimum Gasteiger partial charge on any atom is -0.468 e. The summed E-state index contributed by atoms with van der Waals surface area (Å²) in [5.41, 5.74) is 1.22. The molecule has 3 rings (SSSR count). The van der Waals surface area contributed by atoms with Gasteiger partial charge in [-0.1, -0.05) is 30.3 Å². The number of benzene rings is 1. The van der Waals surface area contributed by atoms with Crippen molar-refractivity contribution in [2.45, 2.75) is 37.9 Å². The summed E-state index contributed by atoms with van der Waals surface area (Å²) >= 11 is 0. The van der Waals surface area contributed by atoms with Crippen LogP contribution in [0.15, 0.2) is 30.3 Å². The van der Waals surface area contributed by atoms with Crippen molar-refractivity contribution in [3.63, 3.8) is 0 Å². The van der Waals surface area contributed by atoms with Gasteiger partial charge in [-0.2, -0.15) is 0 Å². The zero-order valence-corrected chi connectivity index (χ0v) is 11.6. The molecule has 1 aromatic rings. The maximum Gasteiger partial charge on any atom is 0.317 e. The number of fused-ring (bicyclic) bond motifs is 2. The van der Waals surface area contributed by atoms with E-state index in [9.17, 15) is 9.59 Å². The standard InChI is InChI=1S/C16H19NO3/c1-20-16(19)15-13-8-7-12(9-14(15)18)17(13)10-11-5-3-2-4-6-11/h2-6,12-13,15H,7-10H2,1H3/t12-,13-,15+/m1/s1. The van der Waals surface area contributed by atoms with E-state index < -0.39 is 5.92 Å². The molecule has 2 aliphatic heterocycles. The van der Waals surface area contributed by atoms with Gasteiger partial charge in [-0.15, -0.1) is 0 Å². The van der Waals surface area contributed by atoms with E-state index in [1.165, 1.54) is 12.7 Å². The van der Waals surface area contributed by atoms with Gasteiger partial charge in [-0.25, -0.2) is 0 Å². The number of carbonyl (C=O) groups is 2. The van der Waals surface area contributed by atoms with E-state index in [0.717, 1.165) is 19.4 Å². The lowest BCUT2D eigenvalue weighted by Gasteiger charge is -2.37. The number of piperidine rings is 1. The smallest absolute Gasteiger partial charge is 0.317 e. The minimum absolute atomic E-state index is 0.00825. The van der Waals surface area contributed by atoms with Gasteiger partial charge in [-0.3, -0.25) is 14.5 Å². The summed E-state index contributed by atoms with van der Waals surface area (Å²) < 4.78 is 4.82. The highest BCUT2D eigenvalue weighted by Gasteiger charge is 2.50. The molecule has 0 saturated carbocycles. The van der Waals surface area contributed by atoms with E-state index in [-0.39, 0.29) is 23.8 Å². The van der Waals surface area contributed by atoms with Crippen LogP contribution in [0.25, 0.3) is 0 Å². The second-order valence-corrected chi connectivity index (χ2v) is 5.63. The zero-order valence-electron chi connectivity index (χ0n) is 11.6. The van der Waals surface area contributed by atoms with Gasteiger partial charge in [0, 0.05) is 25.0 Å². The molecule has 0 aromatic heterocycles. The van der Waals surface area contributed by atoms with Crippen LogP contribution in [0.5, 0.6) is 0 Å². The Morgan fingerprint density at radius 3 is 2.75 bits per heavy atom. The van der Waals surface area contributed by atoms with Crippen molar-refractivity contribution in [2.75, 3.05) is 7.11 Å². The van der Waals surface area contributed by atoms with Crippen molar-refractivity contribution < 1.29 is 14.3 Å². The summed E-state index contributed by atoms with van der Waals surface area (Å²) in [6, 6.07) is 10.5. The normalized spacial score (nSPS) is 29.4. The first-order chi connectivity index (χ1) is 9.70. The van der Waals surface area contributed by atoms with Gasteiger partial charge < -0.3 is 4.74 Å². The van der Waals surface area contributed by atoms with Gasteiger partial charge in [0.25, 0.3) is 0 Å². The predicted molar refractivity (Wildman–Crippen MR) is 73.9 cm³/mol. The molecular formula is C16H19NO3. The first-order valence-electron chi connectivity index (χ1n) is 7.11. The van der Waals surface area contributed by atoms with Gasteiger partial charge in [0.1, 0.15) is 11.7 Å². The fourth-order valence-corrected chi connectivity index (χ4v) is 3.57. The van der Waals surface area contributed by atoms with Crippen molar-refractivity contribution in [3.05, 3.63) is 35.9 Å². The monoisotopic (exact) mass is 273 g/mol. The Balaban J connectivity index is 1.82. The topological polar surface area (TPSA) is 46.6 Å². The Morgan fingerprint density at radius 2 is 2.05 bits per heavy atom. The highest BCUT2D eigenvalue weighted by atomic mass is 16.5. The second-order valence-electron chi connectivity index (χ2n) is 5.63.